The lowest BCUT2D eigenvalue weighted by atomic mass is 10.1. The fraction of sp³-hybridized carbons (Fsp3) is 0.356. The number of ether oxygens (including phenoxy) is 7. The number of anilines is 4. The second-order valence-corrected chi connectivity index (χ2v) is 18.9. The van der Waals surface area contributed by atoms with Gasteiger partial charge in [-0.25, -0.2) is 0 Å². The number of methoxy groups -OCH3 is 3. The van der Waals surface area contributed by atoms with Crippen LogP contribution in [0, 0.1) is 0 Å². The smallest absolute Gasteiger partial charge is 0.261 e. The Morgan fingerprint density at radius 2 is 1.40 bits per heavy atom. The maximum Gasteiger partial charge on any atom is 0.261 e. The average molecular weight is 1060 g/mol. The molecule has 78 heavy (non-hydrogen) atoms. The molecule has 1 atom stereocenters. The van der Waals surface area contributed by atoms with Crippen LogP contribution in [-0.4, -0.2) is 141 Å². The maximum absolute atomic E-state index is 14.2. The normalized spacial score (nSPS) is 14.9. The van der Waals surface area contributed by atoms with E-state index in [2.05, 4.69) is 15.5 Å². The van der Waals surface area contributed by atoms with E-state index in [9.17, 15) is 24.0 Å². The van der Waals surface area contributed by atoms with Crippen LogP contribution in [0.25, 0.3) is 0 Å². The lowest BCUT2D eigenvalue weighted by molar-refractivity contribution is -0.137. The fourth-order valence-electron chi connectivity index (χ4n) is 10.0. The molecule has 5 amide bonds. The van der Waals surface area contributed by atoms with E-state index in [-0.39, 0.29) is 56.5 Å². The van der Waals surface area contributed by atoms with Crippen LogP contribution in [0.2, 0.25) is 0 Å². The van der Waals surface area contributed by atoms with E-state index in [1.165, 1.54) is 26.4 Å². The summed E-state index contributed by atoms with van der Waals surface area (Å²) in [6, 6.07) is 28.5. The van der Waals surface area contributed by atoms with Crippen molar-refractivity contribution in [1.29, 1.82) is 0 Å². The molecule has 408 valence electrons. The summed E-state index contributed by atoms with van der Waals surface area (Å²) in [6.07, 6.45) is 6.30. The number of aliphatic imine (C=N–C) groups is 1. The molecule has 5 aromatic carbocycles. The largest absolute Gasteiger partial charge is 0.493 e. The summed E-state index contributed by atoms with van der Waals surface area (Å²) in [5.74, 6) is 0.182. The van der Waals surface area contributed by atoms with Gasteiger partial charge in [0.1, 0.15) is 13.2 Å². The lowest BCUT2D eigenvalue weighted by Crippen LogP contribution is -2.38. The first-order chi connectivity index (χ1) is 38.1. The highest BCUT2D eigenvalue weighted by molar-refractivity contribution is 6.15. The Morgan fingerprint density at radius 1 is 0.731 bits per heavy atom. The molecule has 0 radical (unpaired) electrons. The molecule has 19 nitrogen and oxygen atoms in total. The molecule has 0 aliphatic carbocycles. The number of nitrogens with zero attached hydrogens (tertiary/aromatic N) is 5. The van der Waals surface area contributed by atoms with Gasteiger partial charge in [0.05, 0.1) is 75.8 Å². The lowest BCUT2D eigenvalue weighted by Gasteiger charge is -2.26. The van der Waals surface area contributed by atoms with Gasteiger partial charge in [-0.05, 0) is 77.6 Å². The third-order valence-corrected chi connectivity index (χ3v) is 14.0. The topological polar surface area (TPSA) is 199 Å². The summed E-state index contributed by atoms with van der Waals surface area (Å²) in [5, 5.41) is 6.03. The summed E-state index contributed by atoms with van der Waals surface area (Å²) in [6.45, 7) is 3.82. The standard InChI is InChI=1S/C59H65N7O12/c1-60-47-34-53(51(73-3)32-45(47)58(70)64-20-17-41-10-5-7-12-49(41)64)77-37-39-28-40(38-78-54-35-48-46(33-52(54)74-4)59(71)66-44(36-62-48)31-42-11-6-8-13-50(42)66)30-43(29-39)63(22-23-75-26-27-76-25-24-72-2)19-9-14-55(67)61-18-21-65-56(68)15-16-57(65)69/h5-8,10-13,15-16,28-30,32-36,44,60H,9,14,17-27,31,37-38H2,1-4H3,(H,61,67). The second-order valence-electron chi connectivity index (χ2n) is 18.9. The van der Waals surface area contributed by atoms with Crippen LogP contribution in [0.5, 0.6) is 23.0 Å². The molecule has 4 aliphatic rings. The van der Waals surface area contributed by atoms with Gasteiger partial charge in [-0.3, -0.25) is 38.8 Å². The van der Waals surface area contributed by atoms with Gasteiger partial charge in [-0.2, -0.15) is 0 Å². The number of imide groups is 1. The molecular formula is C59H65N7O12. The highest BCUT2D eigenvalue weighted by Crippen LogP contribution is 2.42. The van der Waals surface area contributed by atoms with E-state index in [0.29, 0.717) is 111 Å². The minimum absolute atomic E-state index is 0.0720. The van der Waals surface area contributed by atoms with Crippen molar-refractivity contribution in [2.24, 2.45) is 4.99 Å². The van der Waals surface area contributed by atoms with Crippen LogP contribution in [-0.2, 0) is 54.6 Å². The van der Waals surface area contributed by atoms with E-state index in [4.69, 9.17) is 38.2 Å². The van der Waals surface area contributed by atoms with E-state index >= 15 is 0 Å². The molecule has 19 heteroatoms. The Hall–Kier alpha value is -8.26. The number of hydrogen-bond donors (Lipinski definition) is 2. The monoisotopic (exact) mass is 1060 g/mol. The number of carbonyl (C=O) groups is 5. The molecule has 0 fully saturated rings. The quantitative estimate of drug-likeness (QED) is 0.0416. The summed E-state index contributed by atoms with van der Waals surface area (Å²) < 4.78 is 41.6. The molecule has 9 rings (SSSR count). The van der Waals surface area contributed by atoms with Crippen molar-refractivity contribution >= 4 is 64.2 Å². The Bertz CT molecular complexity index is 3070. The number of nitrogens with one attached hydrogen (secondary N) is 2. The van der Waals surface area contributed by atoms with Crippen LogP contribution >= 0.6 is 0 Å². The van der Waals surface area contributed by atoms with Gasteiger partial charge in [-0.1, -0.05) is 36.4 Å². The minimum atomic E-state index is -0.406. The van der Waals surface area contributed by atoms with Crippen LogP contribution in [0.1, 0.15) is 55.8 Å². The van der Waals surface area contributed by atoms with Crippen molar-refractivity contribution in [1.82, 2.24) is 10.2 Å². The zero-order valence-corrected chi connectivity index (χ0v) is 44.4. The molecule has 4 heterocycles. The molecule has 1 unspecified atom stereocenters. The summed E-state index contributed by atoms with van der Waals surface area (Å²) >= 11 is 0. The first-order valence-electron chi connectivity index (χ1n) is 26.1. The Labute approximate surface area is 453 Å². The van der Waals surface area contributed by atoms with Crippen molar-refractivity contribution in [2.45, 2.75) is 44.9 Å². The van der Waals surface area contributed by atoms with Gasteiger partial charge in [0.25, 0.3) is 23.6 Å². The highest BCUT2D eigenvalue weighted by atomic mass is 16.5. The van der Waals surface area contributed by atoms with E-state index in [0.717, 1.165) is 50.6 Å². The molecule has 4 aliphatic heterocycles. The number of hydrogen-bond acceptors (Lipinski definition) is 15. The van der Waals surface area contributed by atoms with E-state index in [1.54, 1.807) is 48.2 Å². The van der Waals surface area contributed by atoms with Gasteiger partial charge in [0.15, 0.2) is 23.0 Å². The third kappa shape index (κ3) is 12.6. The SMILES string of the molecule is CNc1cc(OCc2cc(COc3cc4c(cc3OC)C(=O)N3c5ccccc5CC3C=N4)cc(N(CCCC(=O)NCCN3C(=O)C=CC3=O)CCOCCOCCOC)c2)c(OC)cc1C(=O)N1CCc2ccccc21. The van der Waals surface area contributed by atoms with Crippen molar-refractivity contribution in [3.05, 3.63) is 137 Å². The molecule has 5 aromatic rings. The Balaban J connectivity index is 0.974. The van der Waals surface area contributed by atoms with Gasteiger partial charge < -0.3 is 53.6 Å². The summed E-state index contributed by atoms with van der Waals surface area (Å²) in [7, 11) is 6.44. The average Bonchev–Trinajstić information content (AvgIpc) is 4.15. The highest BCUT2D eigenvalue weighted by Gasteiger charge is 2.37. The Kier molecular flexibility index (Phi) is 18.0. The molecule has 0 aromatic heterocycles. The number of carbonyl (C=O) groups excluding carboxylic acids is 5. The summed E-state index contributed by atoms with van der Waals surface area (Å²) in [4.78, 5) is 77.1. The fourth-order valence-corrected chi connectivity index (χ4v) is 10.0. The number of fused-ring (bicyclic) bond motifs is 5. The first-order valence-corrected chi connectivity index (χ1v) is 26.1. The van der Waals surface area contributed by atoms with Crippen LogP contribution in [0.15, 0.2) is 108 Å². The van der Waals surface area contributed by atoms with Gasteiger partial charge >= 0.3 is 0 Å². The minimum Gasteiger partial charge on any atom is -0.493 e. The predicted molar refractivity (Wildman–Crippen MR) is 295 cm³/mol. The molecule has 0 saturated carbocycles. The zero-order chi connectivity index (χ0) is 54.5. The molecular weight excluding hydrogens is 999 g/mol. The summed E-state index contributed by atoms with van der Waals surface area (Å²) in [5.41, 5.74) is 8.17. The van der Waals surface area contributed by atoms with E-state index < -0.39 is 11.8 Å². The van der Waals surface area contributed by atoms with Gasteiger partial charge in [0, 0.05) is 107 Å². The number of rotatable bonds is 27. The van der Waals surface area contributed by atoms with Crippen molar-refractivity contribution in [3.8, 4) is 23.0 Å². The zero-order valence-electron chi connectivity index (χ0n) is 44.4. The van der Waals surface area contributed by atoms with Crippen molar-refractivity contribution < 1.29 is 57.1 Å². The van der Waals surface area contributed by atoms with Crippen LogP contribution in [0.3, 0.4) is 0 Å². The number of benzene rings is 5. The molecule has 0 bridgehead atoms. The first kappa shape index (κ1) is 54.5. The molecule has 0 saturated heterocycles. The molecule has 0 spiro atoms. The van der Waals surface area contributed by atoms with Gasteiger partial charge in [-0.15, -0.1) is 0 Å². The third-order valence-electron chi connectivity index (χ3n) is 14.0. The van der Waals surface area contributed by atoms with Crippen LogP contribution < -0.4 is 44.3 Å². The van der Waals surface area contributed by atoms with Crippen LogP contribution in [0.4, 0.5) is 28.4 Å². The Morgan fingerprint density at radius 3 is 2.12 bits per heavy atom. The van der Waals surface area contributed by atoms with Crippen molar-refractivity contribution in [3.63, 3.8) is 0 Å². The maximum atomic E-state index is 14.2. The van der Waals surface area contributed by atoms with E-state index in [1.807, 2.05) is 72.9 Å². The van der Waals surface area contributed by atoms with Crippen molar-refractivity contribution in [2.75, 3.05) is 114 Å². The predicted octanol–water partition coefficient (Wildman–Crippen LogP) is 6.70. The molecule has 2 N–H and O–H groups in total. The number of para-hydroxylation sites is 2. The second kappa shape index (κ2) is 25.7. The van der Waals surface area contributed by atoms with Gasteiger partial charge in [0.2, 0.25) is 5.91 Å². The number of amides is 5.